The fourth-order valence-electron chi connectivity index (χ4n) is 2.16. The fourth-order valence-corrected chi connectivity index (χ4v) is 2.69. The van der Waals surface area contributed by atoms with E-state index in [4.69, 9.17) is 4.55 Å². The Hall–Kier alpha value is -1.73. The third kappa shape index (κ3) is 2.04. The number of fused-ring (bicyclic) bond motifs is 1. The average molecular weight is 283 g/mol. The van der Waals surface area contributed by atoms with Crippen molar-refractivity contribution in [3.8, 4) is 0 Å². The smallest absolute Gasteiger partial charge is 0.336 e. The van der Waals surface area contributed by atoms with Crippen LogP contribution >= 0.6 is 0 Å². The van der Waals surface area contributed by atoms with Crippen LogP contribution in [0.1, 0.15) is 36.7 Å². The van der Waals surface area contributed by atoms with Crippen molar-refractivity contribution in [3.63, 3.8) is 0 Å². The number of aliphatic imine (C=N–C) groups is 1. The topological polar surface area (TPSA) is 104 Å². The van der Waals surface area contributed by atoms with Crippen molar-refractivity contribution >= 4 is 27.5 Å². The van der Waals surface area contributed by atoms with Crippen LogP contribution in [0.2, 0.25) is 0 Å². The Morgan fingerprint density at radius 2 is 1.89 bits per heavy atom. The first-order chi connectivity index (χ1) is 8.55. The first kappa shape index (κ1) is 13.7. The van der Waals surface area contributed by atoms with Gasteiger partial charge in [0.05, 0.1) is 16.1 Å². The zero-order chi connectivity index (χ0) is 14.6. The molecule has 0 fully saturated rings. The Morgan fingerprint density at radius 3 is 2.37 bits per heavy atom. The zero-order valence-corrected chi connectivity index (χ0v) is 11.4. The molecule has 0 radical (unpaired) electrons. The summed E-state index contributed by atoms with van der Waals surface area (Å²) in [5.74, 6) is -1.25. The molecule has 1 aliphatic rings. The molecule has 7 heteroatoms. The maximum absolute atomic E-state index is 11.3. The van der Waals surface area contributed by atoms with Gasteiger partial charge >= 0.3 is 5.97 Å². The number of carboxylic acid groups (broad SMARTS) is 1. The number of hydrogen-bond donors (Lipinski definition) is 2. The Bertz CT molecular complexity index is 716. The van der Waals surface area contributed by atoms with E-state index in [1.165, 1.54) is 6.07 Å². The maximum Gasteiger partial charge on any atom is 0.336 e. The summed E-state index contributed by atoms with van der Waals surface area (Å²) >= 11 is 0. The van der Waals surface area contributed by atoms with Crippen LogP contribution in [-0.2, 0) is 15.5 Å². The van der Waals surface area contributed by atoms with Gasteiger partial charge in [0.15, 0.2) is 0 Å². The molecule has 0 saturated carbocycles. The number of carbonyl (C=O) groups is 1. The van der Waals surface area contributed by atoms with E-state index < -0.39 is 26.4 Å². The SMILES string of the molecule is CC1=Nc2cc(S(=O)(=O)O)cc(C(=O)O)c2C1(C)C. The summed E-state index contributed by atoms with van der Waals surface area (Å²) in [5, 5.41) is 9.23. The van der Waals surface area contributed by atoms with Crippen LogP contribution in [-0.4, -0.2) is 29.8 Å². The van der Waals surface area contributed by atoms with Crippen LogP contribution in [0.25, 0.3) is 0 Å². The zero-order valence-electron chi connectivity index (χ0n) is 10.6. The molecule has 0 spiro atoms. The first-order valence-corrected chi connectivity index (χ1v) is 6.94. The van der Waals surface area contributed by atoms with Gasteiger partial charge in [-0.05, 0) is 19.1 Å². The Balaban J connectivity index is 2.86. The molecule has 19 heavy (non-hydrogen) atoms. The van der Waals surface area contributed by atoms with Gasteiger partial charge in [0, 0.05) is 16.7 Å². The van der Waals surface area contributed by atoms with E-state index in [9.17, 15) is 18.3 Å². The van der Waals surface area contributed by atoms with Crippen LogP contribution in [0.5, 0.6) is 0 Å². The van der Waals surface area contributed by atoms with Crippen LogP contribution in [0.15, 0.2) is 22.0 Å². The summed E-state index contributed by atoms with van der Waals surface area (Å²) in [4.78, 5) is 15.0. The quantitative estimate of drug-likeness (QED) is 0.808. The van der Waals surface area contributed by atoms with Crippen molar-refractivity contribution in [2.45, 2.75) is 31.1 Å². The molecule has 6 nitrogen and oxygen atoms in total. The monoisotopic (exact) mass is 283 g/mol. The minimum Gasteiger partial charge on any atom is -0.478 e. The second kappa shape index (κ2) is 3.88. The number of aromatic carboxylic acids is 1. The van der Waals surface area contributed by atoms with E-state index in [2.05, 4.69) is 4.99 Å². The van der Waals surface area contributed by atoms with Gasteiger partial charge in [0.25, 0.3) is 10.1 Å². The minimum absolute atomic E-state index is 0.157. The van der Waals surface area contributed by atoms with Crippen LogP contribution in [0, 0.1) is 0 Å². The third-order valence-electron chi connectivity index (χ3n) is 3.44. The summed E-state index contributed by atoms with van der Waals surface area (Å²) < 4.78 is 31.4. The molecule has 2 N–H and O–H groups in total. The van der Waals surface area contributed by atoms with Crippen molar-refractivity contribution in [3.05, 3.63) is 23.3 Å². The molecular formula is C12H13NO5S. The van der Waals surface area contributed by atoms with Crippen molar-refractivity contribution < 1.29 is 22.9 Å². The van der Waals surface area contributed by atoms with Gasteiger partial charge in [-0.15, -0.1) is 0 Å². The molecule has 0 amide bonds. The minimum atomic E-state index is -4.47. The fraction of sp³-hybridized carbons (Fsp3) is 0.333. The summed E-state index contributed by atoms with van der Waals surface area (Å²) in [6, 6.07) is 2.15. The van der Waals surface area contributed by atoms with Gasteiger partial charge in [0.2, 0.25) is 0 Å². The molecule has 1 aromatic rings. The lowest BCUT2D eigenvalue weighted by Crippen LogP contribution is -2.25. The van der Waals surface area contributed by atoms with Crippen molar-refractivity contribution in [2.75, 3.05) is 0 Å². The van der Waals surface area contributed by atoms with Crippen LogP contribution < -0.4 is 0 Å². The van der Waals surface area contributed by atoms with Gasteiger partial charge < -0.3 is 5.11 Å². The van der Waals surface area contributed by atoms with E-state index in [-0.39, 0.29) is 11.3 Å². The average Bonchev–Trinajstić information content (AvgIpc) is 2.47. The van der Waals surface area contributed by atoms with Gasteiger partial charge in [-0.2, -0.15) is 8.42 Å². The molecule has 0 aromatic heterocycles. The normalized spacial score (nSPS) is 16.9. The number of benzene rings is 1. The molecule has 0 atom stereocenters. The Kier molecular flexibility index (Phi) is 2.80. The molecule has 1 heterocycles. The third-order valence-corrected chi connectivity index (χ3v) is 4.27. The number of rotatable bonds is 2. The van der Waals surface area contributed by atoms with Crippen molar-refractivity contribution in [1.82, 2.24) is 0 Å². The number of carboxylic acids is 1. The van der Waals surface area contributed by atoms with E-state index in [0.29, 0.717) is 11.3 Å². The molecule has 0 aliphatic carbocycles. The highest BCUT2D eigenvalue weighted by Crippen LogP contribution is 2.43. The molecule has 102 valence electrons. The summed E-state index contributed by atoms with van der Waals surface area (Å²) in [7, 11) is -4.47. The highest BCUT2D eigenvalue weighted by molar-refractivity contribution is 7.85. The molecule has 1 aromatic carbocycles. The second-order valence-corrected chi connectivity index (χ2v) is 6.39. The van der Waals surface area contributed by atoms with Crippen molar-refractivity contribution in [1.29, 1.82) is 0 Å². The largest absolute Gasteiger partial charge is 0.478 e. The molecule has 2 rings (SSSR count). The lowest BCUT2D eigenvalue weighted by atomic mass is 9.79. The number of hydrogen-bond acceptors (Lipinski definition) is 4. The molecule has 0 unspecified atom stereocenters. The van der Waals surface area contributed by atoms with E-state index in [1.54, 1.807) is 6.92 Å². The summed E-state index contributed by atoms with van der Waals surface area (Å²) in [6.45, 7) is 5.38. The highest BCUT2D eigenvalue weighted by Gasteiger charge is 2.37. The second-order valence-electron chi connectivity index (χ2n) is 4.97. The van der Waals surface area contributed by atoms with E-state index in [0.717, 1.165) is 6.07 Å². The van der Waals surface area contributed by atoms with E-state index in [1.807, 2.05) is 13.8 Å². The van der Waals surface area contributed by atoms with Gasteiger partial charge in [-0.25, -0.2) is 4.79 Å². The Morgan fingerprint density at radius 1 is 1.32 bits per heavy atom. The molecular weight excluding hydrogens is 270 g/mol. The van der Waals surface area contributed by atoms with Gasteiger partial charge in [-0.1, -0.05) is 13.8 Å². The molecule has 0 bridgehead atoms. The standard InChI is InChI=1S/C12H13NO5S/c1-6-12(2,3)10-8(11(14)15)4-7(19(16,17)18)5-9(10)13-6/h4-5H,1-3H3,(H,14,15)(H,16,17,18). The molecule has 0 saturated heterocycles. The van der Waals surface area contributed by atoms with Gasteiger partial charge in [-0.3, -0.25) is 9.55 Å². The van der Waals surface area contributed by atoms with Crippen LogP contribution in [0.3, 0.4) is 0 Å². The molecule has 1 aliphatic heterocycles. The lowest BCUT2D eigenvalue weighted by Gasteiger charge is -2.22. The highest BCUT2D eigenvalue weighted by atomic mass is 32.2. The first-order valence-electron chi connectivity index (χ1n) is 5.50. The van der Waals surface area contributed by atoms with E-state index >= 15 is 0 Å². The van der Waals surface area contributed by atoms with Crippen LogP contribution in [0.4, 0.5) is 5.69 Å². The maximum atomic E-state index is 11.3. The predicted molar refractivity (Wildman–Crippen MR) is 69.0 cm³/mol. The predicted octanol–water partition coefficient (Wildman–Crippen LogP) is 2.02. The van der Waals surface area contributed by atoms with Gasteiger partial charge in [0.1, 0.15) is 0 Å². The summed E-state index contributed by atoms with van der Waals surface area (Å²) in [5.41, 5.74) is 0.689. The summed E-state index contributed by atoms with van der Waals surface area (Å²) in [6.07, 6.45) is 0. The lowest BCUT2D eigenvalue weighted by molar-refractivity contribution is 0.0694. The Labute approximate surface area is 110 Å². The number of nitrogens with zero attached hydrogens (tertiary/aromatic N) is 1. The van der Waals surface area contributed by atoms with Crippen molar-refractivity contribution in [2.24, 2.45) is 4.99 Å².